The molecule has 5 aliphatic rings. The maximum absolute atomic E-state index is 7.05. The average Bonchev–Trinajstić information content (AvgIpc) is 1.54. The van der Waals surface area contributed by atoms with Crippen LogP contribution in [0.1, 0.15) is 109 Å². The number of fused-ring (bicyclic) bond motifs is 24. The molecule has 0 saturated carbocycles. The van der Waals surface area contributed by atoms with Crippen LogP contribution >= 0.6 is 0 Å². The van der Waals surface area contributed by atoms with Crippen LogP contribution in [0.4, 0.5) is 34.1 Å². The van der Waals surface area contributed by atoms with E-state index in [4.69, 9.17) is 8.83 Å². The Hall–Kier alpha value is -14.9. The Balaban J connectivity index is 0.606. The summed E-state index contributed by atoms with van der Waals surface area (Å²) in [6.07, 6.45) is 21.1. The minimum absolute atomic E-state index is 0.00364. The monoisotopic (exact) mass is 1600 g/mol. The summed E-state index contributed by atoms with van der Waals surface area (Å²) in [7, 11) is 0. The minimum atomic E-state index is -0.533. The number of anilines is 6. The van der Waals surface area contributed by atoms with E-state index < -0.39 is 5.54 Å². The standard InChI is InChI=1S/C116H88N6O2/c1-70-26-21-39-82(62-70)117(106-65-72(3)64-97-87-41-19-20-45-107(87)123-115(97)106)84-47-50-95-105(68-84)120(79-33-13-8-14-34-79)100-58-53-89-88(108(95)100)54-60-101-110(89)96-52-51-86(74(5)112(96)121(101)80-35-15-9-16-36-80)77-30-24-29-75(66-77)76-46-49-94-104(67-76)119(78-31-11-7-12-32-78)99-59-55-91-90(109(94)99)56-61-102-111(91)98-57-48-85(69-116(98,6)122(102)81-37-17-10-18-38-81)118(83-40-22-27-71(2)63-83)103-44-25-43-93-92-42-23-28-73(4)113(92)124-114(93)103/h7-27,29-64,66-69,72-74,86,98H,28,65H2,1-6H3. The second-order valence-electron chi connectivity index (χ2n) is 35.5. The third kappa shape index (κ3) is 10.7. The molecule has 8 nitrogen and oxygen atoms in total. The lowest BCUT2D eigenvalue weighted by molar-refractivity contribution is 0.504. The fourth-order valence-corrected chi connectivity index (χ4v) is 22.5. The smallest absolute Gasteiger partial charge is 0.158 e. The van der Waals surface area contributed by atoms with Crippen molar-refractivity contribution in [3.63, 3.8) is 0 Å². The molecule has 4 aliphatic carbocycles. The molecule has 0 N–H and O–H groups in total. The van der Waals surface area contributed by atoms with Crippen LogP contribution in [-0.2, 0) is 0 Å². The molecule has 0 fully saturated rings. The van der Waals surface area contributed by atoms with Crippen molar-refractivity contribution in [2.45, 2.75) is 83.6 Å². The van der Waals surface area contributed by atoms with Crippen LogP contribution in [0.5, 0.6) is 0 Å². The Kier molecular flexibility index (Phi) is 16.0. The van der Waals surface area contributed by atoms with Gasteiger partial charge in [0.15, 0.2) is 11.0 Å². The normalized spacial score (nSPS) is 18.3. The Morgan fingerprint density at radius 2 is 0.992 bits per heavy atom. The van der Waals surface area contributed by atoms with E-state index in [0.29, 0.717) is 11.8 Å². The van der Waals surface area contributed by atoms with Gasteiger partial charge >= 0.3 is 0 Å². The highest BCUT2D eigenvalue weighted by Gasteiger charge is 2.50. The quantitative estimate of drug-likeness (QED) is 0.122. The highest BCUT2D eigenvalue weighted by Crippen LogP contribution is 2.59. The summed E-state index contributed by atoms with van der Waals surface area (Å²) in [4.78, 5) is 7.52. The molecule has 6 unspecified atom stereocenters. The third-order valence-electron chi connectivity index (χ3n) is 27.9. The van der Waals surface area contributed by atoms with Crippen molar-refractivity contribution in [3.8, 4) is 28.2 Å². The van der Waals surface area contributed by atoms with E-state index in [1.54, 1.807) is 0 Å². The van der Waals surface area contributed by atoms with E-state index >= 15 is 0 Å². The molecule has 25 rings (SSSR count). The first-order valence-corrected chi connectivity index (χ1v) is 44.0. The van der Waals surface area contributed by atoms with Gasteiger partial charge in [0.05, 0.1) is 44.5 Å². The minimum Gasteiger partial charge on any atom is -0.458 e. The molecular formula is C116H88N6O2. The number of furan rings is 2. The summed E-state index contributed by atoms with van der Waals surface area (Å²) in [5.74, 6) is 1.81. The van der Waals surface area contributed by atoms with Gasteiger partial charge in [-0.2, -0.15) is 0 Å². The summed E-state index contributed by atoms with van der Waals surface area (Å²) in [6, 6.07) is 120. The molecule has 20 aromatic rings. The van der Waals surface area contributed by atoms with Crippen LogP contribution < -0.4 is 25.3 Å². The predicted molar refractivity (Wildman–Crippen MR) is 518 cm³/mol. The average molecular weight is 1600 g/mol. The lowest BCUT2D eigenvalue weighted by Crippen LogP contribution is -2.43. The molecule has 0 saturated heterocycles. The molecule has 6 atom stereocenters. The van der Waals surface area contributed by atoms with Gasteiger partial charge in [0.1, 0.15) is 11.3 Å². The lowest BCUT2D eigenvalue weighted by Gasteiger charge is -2.42. The number of aryl methyl sites for hydroxylation is 2. The van der Waals surface area contributed by atoms with Gasteiger partial charge in [-0.1, -0.05) is 251 Å². The fourth-order valence-electron chi connectivity index (χ4n) is 22.5. The van der Waals surface area contributed by atoms with Crippen LogP contribution in [0.2, 0.25) is 0 Å². The molecule has 0 amide bonds. The number of hydrogen-bond acceptors (Lipinski definition) is 5. The number of aromatic nitrogens is 3. The van der Waals surface area contributed by atoms with Crippen LogP contribution in [-0.4, -0.2) is 19.2 Å². The molecule has 594 valence electrons. The topological polar surface area (TPSA) is 50.8 Å². The van der Waals surface area contributed by atoms with Gasteiger partial charge in [0.2, 0.25) is 0 Å². The Morgan fingerprint density at radius 1 is 0.419 bits per heavy atom. The summed E-state index contributed by atoms with van der Waals surface area (Å²) in [5.41, 5.74) is 31.6. The predicted octanol–water partition coefficient (Wildman–Crippen LogP) is 29.4. The van der Waals surface area contributed by atoms with E-state index in [2.05, 4.69) is 440 Å². The maximum Gasteiger partial charge on any atom is 0.158 e. The largest absolute Gasteiger partial charge is 0.458 e. The summed E-state index contributed by atoms with van der Waals surface area (Å²) >= 11 is 0. The van der Waals surface area contributed by atoms with E-state index in [0.717, 1.165) is 108 Å². The van der Waals surface area contributed by atoms with Crippen molar-refractivity contribution in [1.82, 2.24) is 13.7 Å². The van der Waals surface area contributed by atoms with Gasteiger partial charge < -0.3 is 37.2 Å². The third-order valence-corrected chi connectivity index (χ3v) is 27.9. The fraction of sp³-hybridized carbons (Fsp3) is 0.121. The second kappa shape index (κ2) is 27.6. The van der Waals surface area contributed by atoms with Gasteiger partial charge in [0.25, 0.3) is 0 Å². The lowest BCUT2D eigenvalue weighted by atomic mass is 9.78. The summed E-state index contributed by atoms with van der Waals surface area (Å²) in [5, 5.41) is 14.6. The zero-order valence-electron chi connectivity index (χ0n) is 70.0. The van der Waals surface area contributed by atoms with Crippen LogP contribution in [0.3, 0.4) is 0 Å². The molecule has 1 aliphatic heterocycles. The van der Waals surface area contributed by atoms with Crippen LogP contribution in [0.25, 0.3) is 150 Å². The molecule has 15 aromatic carbocycles. The second-order valence-corrected chi connectivity index (χ2v) is 35.5. The summed E-state index contributed by atoms with van der Waals surface area (Å²) in [6.45, 7) is 13.9. The summed E-state index contributed by atoms with van der Waals surface area (Å²) < 4.78 is 21.5. The number of nitrogens with zero attached hydrogens (tertiary/aromatic N) is 6. The molecule has 0 bridgehead atoms. The van der Waals surface area contributed by atoms with E-state index in [-0.39, 0.29) is 17.8 Å². The number of hydrogen-bond donors (Lipinski definition) is 0. The Morgan fingerprint density at radius 3 is 1.70 bits per heavy atom. The SMILES string of the molecule is Cc1cccc(N(C2=c3oc4ccccc4c3=CC(C)C2)c2ccc3c4c5ccc6c(c7c(n6-c6ccccc6)C(C)C(c6cccc(-c8ccc9c%10c%11ccc%12c(c%11ccc%10n(-c%10ccccc%10)c9c8)C8C=CC(N(c9cccc(C)c9)c9cccc%10c%11c(oc9%10)C(C)CC=C%11)=CC8(C)N%12c8ccccc8)c6)C=C7)c5ccc4n(-c4ccccc4)c3c2)c1. The molecule has 124 heavy (non-hydrogen) atoms. The highest BCUT2D eigenvalue weighted by molar-refractivity contribution is 6.27. The first-order valence-electron chi connectivity index (χ1n) is 44.0. The molecule has 8 heteroatoms. The van der Waals surface area contributed by atoms with E-state index in [9.17, 15) is 0 Å². The molecule has 0 spiro atoms. The van der Waals surface area contributed by atoms with E-state index in [1.807, 2.05) is 0 Å². The maximum atomic E-state index is 7.05. The molecule has 5 aromatic heterocycles. The first-order chi connectivity index (χ1) is 60.9. The van der Waals surface area contributed by atoms with Crippen LogP contribution in [0.15, 0.2) is 366 Å². The Labute approximate surface area is 719 Å². The van der Waals surface area contributed by atoms with Gasteiger partial charge in [0, 0.05) is 135 Å². The van der Waals surface area contributed by atoms with Gasteiger partial charge in [-0.15, -0.1) is 0 Å². The van der Waals surface area contributed by atoms with Gasteiger partial charge in [-0.25, -0.2) is 0 Å². The first kappa shape index (κ1) is 72.0. The van der Waals surface area contributed by atoms with Crippen molar-refractivity contribution in [1.29, 1.82) is 0 Å². The van der Waals surface area contributed by atoms with Gasteiger partial charge in [-0.3, -0.25) is 0 Å². The zero-order valence-corrected chi connectivity index (χ0v) is 70.0. The van der Waals surface area contributed by atoms with E-state index in [1.165, 1.54) is 132 Å². The number of allylic oxidation sites excluding steroid dienone is 3. The highest BCUT2D eigenvalue weighted by atomic mass is 16.3. The van der Waals surface area contributed by atoms with Crippen molar-refractivity contribution >= 4 is 156 Å². The van der Waals surface area contributed by atoms with Crippen molar-refractivity contribution in [3.05, 3.63) is 413 Å². The molecule has 0 radical (unpaired) electrons. The van der Waals surface area contributed by atoms with Gasteiger partial charge in [-0.05, 0) is 234 Å². The van der Waals surface area contributed by atoms with Crippen molar-refractivity contribution in [2.24, 2.45) is 5.92 Å². The zero-order chi connectivity index (χ0) is 82.5. The molecular weight excluding hydrogens is 1510 g/mol. The van der Waals surface area contributed by atoms with Crippen LogP contribution in [0, 0.1) is 19.8 Å². The van der Waals surface area contributed by atoms with Crippen molar-refractivity contribution < 1.29 is 8.83 Å². The molecule has 6 heterocycles. The number of para-hydroxylation sites is 6. The number of benzene rings is 15. The number of rotatable bonds is 12. The Bertz CT molecular complexity index is 8190. The van der Waals surface area contributed by atoms with Crippen molar-refractivity contribution in [2.75, 3.05) is 14.7 Å².